The van der Waals surface area contributed by atoms with Gasteiger partial charge in [0.2, 0.25) is 0 Å². The molecule has 3 N–H and O–H groups in total. The highest BCUT2D eigenvalue weighted by Crippen LogP contribution is 2.17. The average Bonchev–Trinajstić information content (AvgIpc) is 2.89. The minimum absolute atomic E-state index is 0.185. The first kappa shape index (κ1) is 13.9. The van der Waals surface area contributed by atoms with Crippen LogP contribution < -0.4 is 10.5 Å². The van der Waals surface area contributed by atoms with Gasteiger partial charge in [0, 0.05) is 13.0 Å². The molecule has 1 aromatic carbocycles. The van der Waals surface area contributed by atoms with Crippen LogP contribution in [0.4, 0.5) is 0 Å². The minimum atomic E-state index is 0.185. The van der Waals surface area contributed by atoms with Crippen molar-refractivity contribution >= 4 is 5.84 Å². The van der Waals surface area contributed by atoms with Crippen LogP contribution in [-0.2, 0) is 11.2 Å². The molecule has 0 amide bonds. The Hall–Kier alpha value is -1.55. The van der Waals surface area contributed by atoms with Crippen molar-refractivity contribution in [3.63, 3.8) is 0 Å². The van der Waals surface area contributed by atoms with E-state index in [0.717, 1.165) is 37.4 Å². The summed E-state index contributed by atoms with van der Waals surface area (Å²) in [5.74, 6) is 1.06. The van der Waals surface area contributed by atoms with Gasteiger partial charge < -0.3 is 15.2 Å². The highest BCUT2D eigenvalue weighted by Gasteiger charge is 2.14. The van der Waals surface area contributed by atoms with Gasteiger partial charge in [-0.15, -0.1) is 0 Å². The van der Waals surface area contributed by atoms with Crippen molar-refractivity contribution in [3.8, 4) is 5.75 Å². The molecule has 1 saturated heterocycles. The monoisotopic (exact) mass is 262 g/mol. The Kier molecular flexibility index (Phi) is 5.21. The van der Waals surface area contributed by atoms with E-state index in [1.165, 1.54) is 12.8 Å². The van der Waals surface area contributed by atoms with Gasteiger partial charge in [0.05, 0.1) is 18.5 Å². The minimum Gasteiger partial charge on any atom is -0.494 e. The van der Waals surface area contributed by atoms with Crippen LogP contribution >= 0.6 is 0 Å². The number of hydrogen-bond acceptors (Lipinski definition) is 3. The number of nitrogens with one attached hydrogen (secondary N) is 1. The van der Waals surface area contributed by atoms with Gasteiger partial charge in [-0.05, 0) is 43.4 Å². The lowest BCUT2D eigenvalue weighted by molar-refractivity contribution is 0.0981. The second-order valence-electron chi connectivity index (χ2n) is 4.97. The molecule has 0 aromatic heterocycles. The Balaban J connectivity index is 1.66. The summed E-state index contributed by atoms with van der Waals surface area (Å²) in [4.78, 5) is 0. The fourth-order valence-corrected chi connectivity index (χ4v) is 2.30. The molecule has 1 unspecified atom stereocenters. The van der Waals surface area contributed by atoms with Crippen LogP contribution in [0.2, 0.25) is 0 Å². The summed E-state index contributed by atoms with van der Waals surface area (Å²) in [7, 11) is 0. The summed E-state index contributed by atoms with van der Waals surface area (Å²) >= 11 is 0. The topological polar surface area (TPSA) is 68.3 Å². The standard InChI is InChI=1S/C15H22N2O2/c16-15(17)11-12-5-7-14(8-6-12)19-10-2-4-13-3-1-9-18-13/h5-8,13H,1-4,9-11H2,(H3,16,17). The molecule has 4 heteroatoms. The molecule has 1 atom stereocenters. The van der Waals surface area contributed by atoms with E-state index in [0.29, 0.717) is 12.5 Å². The molecular weight excluding hydrogens is 240 g/mol. The van der Waals surface area contributed by atoms with E-state index in [2.05, 4.69) is 0 Å². The third-order valence-corrected chi connectivity index (χ3v) is 3.28. The molecule has 0 spiro atoms. The largest absolute Gasteiger partial charge is 0.494 e. The van der Waals surface area contributed by atoms with Crippen LogP contribution in [0.5, 0.6) is 5.75 Å². The van der Waals surface area contributed by atoms with Crippen molar-refractivity contribution in [2.45, 2.75) is 38.2 Å². The van der Waals surface area contributed by atoms with Crippen LogP contribution in [0.25, 0.3) is 0 Å². The summed E-state index contributed by atoms with van der Waals surface area (Å²) in [5, 5.41) is 7.24. The van der Waals surface area contributed by atoms with Crippen LogP contribution in [0, 0.1) is 5.41 Å². The Morgan fingerprint density at radius 3 is 2.79 bits per heavy atom. The third-order valence-electron chi connectivity index (χ3n) is 3.28. The molecule has 0 radical (unpaired) electrons. The molecule has 4 nitrogen and oxygen atoms in total. The maximum atomic E-state index is 7.24. The average molecular weight is 262 g/mol. The lowest BCUT2D eigenvalue weighted by atomic mass is 10.1. The van der Waals surface area contributed by atoms with Gasteiger partial charge in [-0.1, -0.05) is 12.1 Å². The van der Waals surface area contributed by atoms with Crippen LogP contribution in [0.1, 0.15) is 31.2 Å². The van der Waals surface area contributed by atoms with Crippen molar-refractivity contribution in [1.82, 2.24) is 0 Å². The van der Waals surface area contributed by atoms with Crippen molar-refractivity contribution in [2.75, 3.05) is 13.2 Å². The number of benzene rings is 1. The first-order chi connectivity index (χ1) is 9.24. The van der Waals surface area contributed by atoms with Crippen molar-refractivity contribution in [2.24, 2.45) is 5.73 Å². The van der Waals surface area contributed by atoms with Gasteiger partial charge in [0.15, 0.2) is 0 Å². The van der Waals surface area contributed by atoms with E-state index in [1.54, 1.807) is 0 Å². The summed E-state index contributed by atoms with van der Waals surface area (Å²) in [6, 6.07) is 7.78. The van der Waals surface area contributed by atoms with Crippen molar-refractivity contribution in [3.05, 3.63) is 29.8 Å². The fourth-order valence-electron chi connectivity index (χ4n) is 2.30. The van der Waals surface area contributed by atoms with Crippen LogP contribution in [0.3, 0.4) is 0 Å². The van der Waals surface area contributed by atoms with Gasteiger partial charge in [-0.2, -0.15) is 0 Å². The predicted molar refractivity (Wildman–Crippen MR) is 75.8 cm³/mol. The third kappa shape index (κ3) is 4.91. The number of rotatable bonds is 7. The van der Waals surface area contributed by atoms with Crippen molar-refractivity contribution in [1.29, 1.82) is 5.41 Å². The molecule has 1 aromatic rings. The molecule has 1 aliphatic heterocycles. The molecule has 1 fully saturated rings. The Bertz CT molecular complexity index is 397. The Morgan fingerprint density at radius 1 is 1.37 bits per heavy atom. The van der Waals surface area contributed by atoms with E-state index >= 15 is 0 Å². The van der Waals surface area contributed by atoms with E-state index in [-0.39, 0.29) is 5.84 Å². The van der Waals surface area contributed by atoms with E-state index in [1.807, 2.05) is 24.3 Å². The maximum absolute atomic E-state index is 7.24. The molecule has 1 heterocycles. The van der Waals surface area contributed by atoms with Gasteiger partial charge >= 0.3 is 0 Å². The summed E-state index contributed by atoms with van der Waals surface area (Å²) in [6.07, 6.45) is 5.45. The summed E-state index contributed by atoms with van der Waals surface area (Å²) in [6.45, 7) is 1.65. The lowest BCUT2D eigenvalue weighted by Crippen LogP contribution is -2.12. The Morgan fingerprint density at radius 2 is 2.16 bits per heavy atom. The second kappa shape index (κ2) is 7.14. The van der Waals surface area contributed by atoms with Crippen LogP contribution in [-0.4, -0.2) is 25.2 Å². The second-order valence-corrected chi connectivity index (χ2v) is 4.97. The molecule has 104 valence electrons. The SMILES string of the molecule is N=C(N)Cc1ccc(OCCCC2CCCO2)cc1. The zero-order chi connectivity index (χ0) is 13.5. The lowest BCUT2D eigenvalue weighted by Gasteiger charge is -2.10. The van der Waals surface area contributed by atoms with Gasteiger partial charge in [0.25, 0.3) is 0 Å². The Labute approximate surface area is 114 Å². The predicted octanol–water partition coefficient (Wildman–Crippen LogP) is 2.50. The number of ether oxygens (including phenoxy) is 2. The van der Waals surface area contributed by atoms with E-state index in [4.69, 9.17) is 20.6 Å². The highest BCUT2D eigenvalue weighted by atomic mass is 16.5. The molecule has 0 bridgehead atoms. The first-order valence-electron chi connectivity index (χ1n) is 6.90. The van der Waals surface area contributed by atoms with E-state index < -0.39 is 0 Å². The number of amidine groups is 1. The molecular formula is C15H22N2O2. The first-order valence-corrected chi connectivity index (χ1v) is 6.90. The molecule has 2 rings (SSSR count). The fraction of sp³-hybridized carbons (Fsp3) is 0.533. The molecule has 1 aliphatic rings. The van der Waals surface area contributed by atoms with Crippen molar-refractivity contribution < 1.29 is 9.47 Å². The zero-order valence-electron chi connectivity index (χ0n) is 11.2. The number of hydrogen-bond donors (Lipinski definition) is 2. The molecule has 0 saturated carbocycles. The zero-order valence-corrected chi connectivity index (χ0v) is 11.2. The summed E-state index contributed by atoms with van der Waals surface area (Å²) < 4.78 is 11.3. The van der Waals surface area contributed by atoms with Gasteiger partial charge in [-0.25, -0.2) is 0 Å². The smallest absolute Gasteiger partial charge is 0.119 e. The normalized spacial score (nSPS) is 18.4. The molecule has 19 heavy (non-hydrogen) atoms. The van der Waals surface area contributed by atoms with Gasteiger partial charge in [0.1, 0.15) is 5.75 Å². The maximum Gasteiger partial charge on any atom is 0.119 e. The highest BCUT2D eigenvalue weighted by molar-refractivity contribution is 5.79. The van der Waals surface area contributed by atoms with Gasteiger partial charge in [-0.3, -0.25) is 5.41 Å². The van der Waals surface area contributed by atoms with Crippen LogP contribution in [0.15, 0.2) is 24.3 Å². The quantitative estimate of drug-likeness (QED) is 0.450. The molecule has 0 aliphatic carbocycles. The van der Waals surface area contributed by atoms with E-state index in [9.17, 15) is 0 Å². The number of nitrogens with two attached hydrogens (primary N) is 1. The summed E-state index contributed by atoms with van der Waals surface area (Å²) in [5.41, 5.74) is 6.40.